The molecule has 0 aliphatic rings. The van der Waals surface area contributed by atoms with Gasteiger partial charge < -0.3 is 15.2 Å². The van der Waals surface area contributed by atoms with E-state index in [4.69, 9.17) is 9.84 Å². The average Bonchev–Trinajstić information content (AvgIpc) is 2.29. The molecule has 1 aromatic rings. The minimum Gasteiger partial charge on any atom is -0.491 e. The molecule has 2 N–H and O–H groups in total. The van der Waals surface area contributed by atoms with Crippen LogP contribution in [-0.4, -0.2) is 30.8 Å². The number of carboxylic acids is 1. The summed E-state index contributed by atoms with van der Waals surface area (Å²) in [6.07, 6.45) is 0. The van der Waals surface area contributed by atoms with Crippen LogP contribution in [0.15, 0.2) is 18.2 Å². The molecule has 100 valence electrons. The van der Waals surface area contributed by atoms with E-state index in [-0.39, 0.29) is 6.61 Å². The number of aryl methyl sites for hydroxylation is 1. The van der Waals surface area contributed by atoms with Crippen LogP contribution in [0.1, 0.15) is 30.9 Å². The van der Waals surface area contributed by atoms with E-state index < -0.39 is 12.0 Å². The second kappa shape index (κ2) is 6.40. The van der Waals surface area contributed by atoms with E-state index in [1.54, 1.807) is 7.05 Å². The zero-order chi connectivity index (χ0) is 13.7. The molecule has 0 fully saturated rings. The molecule has 1 rings (SSSR count). The normalized spacial score (nSPS) is 12.5. The lowest BCUT2D eigenvalue weighted by molar-refractivity contribution is -0.140. The van der Waals surface area contributed by atoms with Crippen molar-refractivity contribution in [1.29, 1.82) is 0 Å². The molecule has 1 atom stereocenters. The number of aliphatic carboxylic acids is 1. The minimum absolute atomic E-state index is 0.120. The molecule has 0 saturated heterocycles. The van der Waals surface area contributed by atoms with E-state index in [2.05, 4.69) is 19.2 Å². The van der Waals surface area contributed by atoms with Gasteiger partial charge in [0.2, 0.25) is 0 Å². The van der Waals surface area contributed by atoms with Crippen LogP contribution in [0, 0.1) is 6.92 Å². The number of rotatable bonds is 6. The quantitative estimate of drug-likeness (QED) is 0.813. The summed E-state index contributed by atoms with van der Waals surface area (Å²) in [6.45, 7) is 6.28. The number of hydrogen-bond acceptors (Lipinski definition) is 3. The number of likely N-dealkylation sites (N-methyl/N-ethyl adjacent to an activating group) is 1. The molecule has 0 bridgehead atoms. The summed E-state index contributed by atoms with van der Waals surface area (Å²) in [5.74, 6) is 0.209. The van der Waals surface area contributed by atoms with Crippen molar-refractivity contribution in [3.63, 3.8) is 0 Å². The lowest BCUT2D eigenvalue weighted by Crippen LogP contribution is -2.39. The molecule has 0 aromatic heterocycles. The molecule has 18 heavy (non-hydrogen) atoms. The van der Waals surface area contributed by atoms with Crippen molar-refractivity contribution < 1.29 is 14.6 Å². The van der Waals surface area contributed by atoms with Gasteiger partial charge in [0, 0.05) is 0 Å². The summed E-state index contributed by atoms with van der Waals surface area (Å²) in [4.78, 5) is 10.9. The predicted molar refractivity (Wildman–Crippen MR) is 71.2 cm³/mol. The largest absolute Gasteiger partial charge is 0.491 e. The first-order valence-electron chi connectivity index (χ1n) is 6.09. The summed E-state index contributed by atoms with van der Waals surface area (Å²) in [7, 11) is 1.61. The fraction of sp³-hybridized carbons (Fsp3) is 0.500. The molecule has 0 heterocycles. The van der Waals surface area contributed by atoms with E-state index in [1.807, 2.05) is 25.1 Å². The van der Waals surface area contributed by atoms with E-state index in [1.165, 1.54) is 0 Å². The van der Waals surface area contributed by atoms with Gasteiger partial charge in [-0.15, -0.1) is 0 Å². The van der Waals surface area contributed by atoms with E-state index >= 15 is 0 Å². The van der Waals surface area contributed by atoms with E-state index in [0.29, 0.717) is 5.92 Å². The van der Waals surface area contributed by atoms with Gasteiger partial charge >= 0.3 is 5.97 Å². The summed E-state index contributed by atoms with van der Waals surface area (Å²) in [5.41, 5.74) is 2.20. The highest BCUT2D eigenvalue weighted by molar-refractivity contribution is 5.73. The van der Waals surface area contributed by atoms with Gasteiger partial charge in [0.25, 0.3) is 0 Å². The first kappa shape index (κ1) is 14.5. The maximum atomic E-state index is 10.9. The summed E-state index contributed by atoms with van der Waals surface area (Å²) in [5, 5.41) is 11.7. The first-order chi connectivity index (χ1) is 8.45. The standard InChI is InChI=1S/C14H21NO3/c1-9(2)11-6-5-10(3)7-13(11)18-8-12(15-4)14(16)17/h5-7,9,12,15H,8H2,1-4H3,(H,16,17). The highest BCUT2D eigenvalue weighted by atomic mass is 16.5. The van der Waals surface area contributed by atoms with Crippen molar-refractivity contribution in [1.82, 2.24) is 5.32 Å². The third-order valence-electron chi connectivity index (χ3n) is 2.84. The SMILES string of the molecule is CNC(COc1cc(C)ccc1C(C)C)C(=O)O. The van der Waals surface area contributed by atoms with Gasteiger partial charge in [-0.05, 0) is 37.1 Å². The maximum absolute atomic E-state index is 10.9. The van der Waals surface area contributed by atoms with Crippen LogP contribution in [0.3, 0.4) is 0 Å². The third-order valence-corrected chi connectivity index (χ3v) is 2.84. The molecule has 0 radical (unpaired) electrons. The Hall–Kier alpha value is -1.55. The van der Waals surface area contributed by atoms with Crippen LogP contribution in [0.5, 0.6) is 5.75 Å². The number of benzene rings is 1. The number of hydrogen-bond donors (Lipinski definition) is 2. The minimum atomic E-state index is -0.906. The van der Waals surface area contributed by atoms with Gasteiger partial charge in [-0.2, -0.15) is 0 Å². The van der Waals surface area contributed by atoms with Crippen molar-refractivity contribution in [2.24, 2.45) is 0 Å². The lowest BCUT2D eigenvalue weighted by atomic mass is 10.0. The third kappa shape index (κ3) is 3.74. The van der Waals surface area contributed by atoms with Gasteiger partial charge in [0.15, 0.2) is 0 Å². The van der Waals surface area contributed by atoms with Crippen LogP contribution in [-0.2, 0) is 4.79 Å². The van der Waals surface area contributed by atoms with Crippen molar-refractivity contribution in [2.45, 2.75) is 32.7 Å². The highest BCUT2D eigenvalue weighted by Gasteiger charge is 2.17. The Bertz CT molecular complexity index is 416. The lowest BCUT2D eigenvalue weighted by Gasteiger charge is -2.17. The molecule has 1 aromatic carbocycles. The summed E-state index contributed by atoms with van der Waals surface area (Å²) >= 11 is 0. The number of carboxylic acid groups (broad SMARTS) is 1. The van der Waals surface area contributed by atoms with Crippen molar-refractivity contribution in [3.05, 3.63) is 29.3 Å². The van der Waals surface area contributed by atoms with Gasteiger partial charge in [0.1, 0.15) is 18.4 Å². The summed E-state index contributed by atoms with van der Waals surface area (Å²) in [6, 6.07) is 5.33. The molecule has 0 aliphatic heterocycles. The monoisotopic (exact) mass is 251 g/mol. The fourth-order valence-corrected chi connectivity index (χ4v) is 1.69. The molecule has 0 aliphatic carbocycles. The summed E-state index contributed by atoms with van der Waals surface area (Å²) < 4.78 is 5.65. The molecule has 4 heteroatoms. The molecular formula is C14H21NO3. The van der Waals surface area contributed by atoms with Gasteiger partial charge in [-0.1, -0.05) is 26.0 Å². The van der Waals surface area contributed by atoms with Crippen LogP contribution >= 0.6 is 0 Å². The van der Waals surface area contributed by atoms with Gasteiger partial charge in [-0.25, -0.2) is 0 Å². The van der Waals surface area contributed by atoms with Crippen LogP contribution in [0.4, 0.5) is 0 Å². The van der Waals surface area contributed by atoms with Crippen molar-refractivity contribution >= 4 is 5.97 Å². The van der Waals surface area contributed by atoms with Crippen LogP contribution in [0.25, 0.3) is 0 Å². The molecule has 0 amide bonds. The first-order valence-corrected chi connectivity index (χ1v) is 6.09. The fourth-order valence-electron chi connectivity index (χ4n) is 1.69. The topological polar surface area (TPSA) is 58.6 Å². The predicted octanol–water partition coefficient (Wildman–Crippen LogP) is 2.17. The zero-order valence-electron chi connectivity index (χ0n) is 11.4. The Morgan fingerprint density at radius 1 is 1.44 bits per heavy atom. The van der Waals surface area contributed by atoms with E-state index in [9.17, 15) is 4.79 Å². The zero-order valence-corrected chi connectivity index (χ0v) is 11.4. The average molecular weight is 251 g/mol. The number of ether oxygens (including phenoxy) is 1. The van der Waals surface area contributed by atoms with Gasteiger partial charge in [0.05, 0.1) is 0 Å². The Kier molecular flexibility index (Phi) is 5.16. The molecule has 0 saturated carbocycles. The number of nitrogens with one attached hydrogen (secondary N) is 1. The van der Waals surface area contributed by atoms with Crippen molar-refractivity contribution in [2.75, 3.05) is 13.7 Å². The molecule has 0 spiro atoms. The second-order valence-electron chi connectivity index (χ2n) is 4.69. The Labute approximate surface area is 108 Å². The van der Waals surface area contributed by atoms with Crippen LogP contribution < -0.4 is 10.1 Å². The Morgan fingerprint density at radius 2 is 2.11 bits per heavy atom. The molecular weight excluding hydrogens is 230 g/mol. The van der Waals surface area contributed by atoms with E-state index in [0.717, 1.165) is 16.9 Å². The highest BCUT2D eigenvalue weighted by Crippen LogP contribution is 2.27. The Morgan fingerprint density at radius 3 is 2.61 bits per heavy atom. The molecule has 4 nitrogen and oxygen atoms in total. The molecule has 1 unspecified atom stereocenters. The maximum Gasteiger partial charge on any atom is 0.324 e. The van der Waals surface area contributed by atoms with Gasteiger partial charge in [-0.3, -0.25) is 4.79 Å². The van der Waals surface area contributed by atoms with Crippen molar-refractivity contribution in [3.8, 4) is 5.75 Å². The number of carbonyl (C=O) groups is 1. The Balaban J connectivity index is 2.83. The smallest absolute Gasteiger partial charge is 0.324 e. The van der Waals surface area contributed by atoms with Crippen LogP contribution in [0.2, 0.25) is 0 Å². The second-order valence-corrected chi connectivity index (χ2v) is 4.69.